The van der Waals surface area contributed by atoms with Gasteiger partial charge in [0, 0.05) is 16.6 Å². The van der Waals surface area contributed by atoms with Crippen LogP contribution in [-0.2, 0) is 11.2 Å². The first-order chi connectivity index (χ1) is 14.2. The normalized spacial score (nSPS) is 10.5. The molecular formula is C19H15N7O2S. The molecule has 29 heavy (non-hydrogen) atoms. The van der Waals surface area contributed by atoms with E-state index in [4.69, 9.17) is 0 Å². The van der Waals surface area contributed by atoms with Crippen molar-refractivity contribution in [2.24, 2.45) is 0 Å². The van der Waals surface area contributed by atoms with E-state index in [9.17, 15) is 9.59 Å². The molecule has 0 bridgehead atoms. The summed E-state index contributed by atoms with van der Waals surface area (Å²) in [5.74, 6) is -0.440. The van der Waals surface area contributed by atoms with Crippen molar-refractivity contribution in [3.8, 4) is 5.69 Å². The lowest BCUT2D eigenvalue weighted by Gasteiger charge is -2.05. The van der Waals surface area contributed by atoms with Gasteiger partial charge in [0.15, 0.2) is 5.13 Å². The van der Waals surface area contributed by atoms with E-state index >= 15 is 0 Å². The van der Waals surface area contributed by atoms with Gasteiger partial charge in [-0.1, -0.05) is 18.2 Å². The Morgan fingerprint density at radius 1 is 1.00 bits per heavy atom. The first-order valence-electron chi connectivity index (χ1n) is 8.61. The lowest BCUT2D eigenvalue weighted by molar-refractivity contribution is -0.115. The van der Waals surface area contributed by atoms with Crippen LogP contribution >= 0.6 is 11.3 Å². The second-order valence-electron chi connectivity index (χ2n) is 5.99. The zero-order chi connectivity index (χ0) is 20.1. The van der Waals surface area contributed by atoms with E-state index in [-0.39, 0.29) is 18.2 Å². The van der Waals surface area contributed by atoms with E-state index in [0.717, 1.165) is 5.69 Å². The maximum absolute atomic E-state index is 12.3. The average molecular weight is 405 g/mol. The fourth-order valence-electron chi connectivity index (χ4n) is 2.55. The Balaban J connectivity index is 1.33. The number of aromatic nitrogens is 5. The molecule has 0 fully saturated rings. The van der Waals surface area contributed by atoms with Crippen molar-refractivity contribution in [2.75, 3.05) is 10.6 Å². The molecule has 0 aliphatic carbocycles. The number of nitrogens with one attached hydrogen (secondary N) is 2. The second kappa shape index (κ2) is 8.40. The molecule has 2 aromatic carbocycles. The maximum Gasteiger partial charge on any atom is 0.257 e. The molecular weight excluding hydrogens is 390 g/mol. The number of tetrazole rings is 1. The van der Waals surface area contributed by atoms with Gasteiger partial charge in [0.05, 0.1) is 17.8 Å². The number of anilines is 2. The first-order valence-corrected chi connectivity index (χ1v) is 9.49. The van der Waals surface area contributed by atoms with Crippen LogP contribution in [0.1, 0.15) is 16.1 Å². The first kappa shape index (κ1) is 18.4. The largest absolute Gasteiger partial charge is 0.326 e. The third-order valence-electron chi connectivity index (χ3n) is 3.91. The third-order valence-corrected chi connectivity index (χ3v) is 4.72. The quantitative estimate of drug-likeness (QED) is 0.509. The van der Waals surface area contributed by atoms with Crippen LogP contribution < -0.4 is 10.6 Å². The topological polar surface area (TPSA) is 115 Å². The zero-order valence-corrected chi connectivity index (χ0v) is 15.8. The predicted octanol–water partition coefficient (Wildman–Crippen LogP) is 2.55. The van der Waals surface area contributed by atoms with Gasteiger partial charge in [-0.3, -0.25) is 14.9 Å². The van der Waals surface area contributed by atoms with Gasteiger partial charge < -0.3 is 5.32 Å². The van der Waals surface area contributed by atoms with Crippen molar-refractivity contribution < 1.29 is 9.59 Å². The van der Waals surface area contributed by atoms with Crippen LogP contribution in [0.4, 0.5) is 10.8 Å². The Hall–Kier alpha value is -3.92. The maximum atomic E-state index is 12.3. The minimum absolute atomic E-state index is 0.104. The molecule has 0 aliphatic heterocycles. The molecule has 2 aromatic heterocycles. The molecule has 2 heterocycles. The summed E-state index contributed by atoms with van der Waals surface area (Å²) >= 11 is 1.28. The summed E-state index contributed by atoms with van der Waals surface area (Å²) < 4.78 is 1.52. The molecule has 2 N–H and O–H groups in total. The summed E-state index contributed by atoms with van der Waals surface area (Å²) in [6.45, 7) is 0. The molecule has 0 saturated heterocycles. The second-order valence-corrected chi connectivity index (χ2v) is 6.85. The van der Waals surface area contributed by atoms with Crippen LogP contribution in [0.25, 0.3) is 5.69 Å². The summed E-state index contributed by atoms with van der Waals surface area (Å²) in [7, 11) is 0. The highest BCUT2D eigenvalue weighted by molar-refractivity contribution is 7.14. The highest BCUT2D eigenvalue weighted by Gasteiger charge is 2.11. The molecule has 2 amide bonds. The molecule has 144 valence electrons. The zero-order valence-electron chi connectivity index (χ0n) is 15.0. The van der Waals surface area contributed by atoms with E-state index in [1.54, 1.807) is 53.9 Å². The standard InChI is InChI=1S/C19H15N7O2S/c27-17(21-14-6-8-16(9-7-14)26-12-20-24-25-26)10-15-11-29-19(22-15)23-18(28)13-4-2-1-3-5-13/h1-9,11-12H,10H2,(H,21,27)(H,22,23,28). The van der Waals surface area contributed by atoms with Crippen molar-refractivity contribution >= 4 is 34.0 Å². The fourth-order valence-corrected chi connectivity index (χ4v) is 3.26. The number of carbonyl (C=O) groups is 2. The highest BCUT2D eigenvalue weighted by atomic mass is 32.1. The summed E-state index contributed by atoms with van der Waals surface area (Å²) in [5.41, 5.74) is 2.57. The van der Waals surface area contributed by atoms with Crippen molar-refractivity contribution in [3.05, 3.63) is 77.6 Å². The van der Waals surface area contributed by atoms with Crippen molar-refractivity contribution in [1.29, 1.82) is 0 Å². The van der Waals surface area contributed by atoms with E-state index < -0.39 is 0 Å². The van der Waals surface area contributed by atoms with Gasteiger partial charge >= 0.3 is 0 Å². The van der Waals surface area contributed by atoms with Crippen LogP contribution in [0, 0.1) is 0 Å². The molecule has 0 saturated carbocycles. The summed E-state index contributed by atoms with van der Waals surface area (Å²) in [5, 5.41) is 18.7. The van der Waals surface area contributed by atoms with Crippen LogP contribution in [0.5, 0.6) is 0 Å². The van der Waals surface area contributed by atoms with Gasteiger partial charge in [0.2, 0.25) is 5.91 Å². The minimum Gasteiger partial charge on any atom is -0.326 e. The molecule has 0 radical (unpaired) electrons. The number of benzene rings is 2. The van der Waals surface area contributed by atoms with Crippen LogP contribution in [-0.4, -0.2) is 37.0 Å². The number of rotatable bonds is 6. The number of carbonyl (C=O) groups excluding carboxylic acids is 2. The summed E-state index contributed by atoms with van der Waals surface area (Å²) in [6, 6.07) is 16.0. The number of thiazole rings is 1. The number of nitrogens with zero attached hydrogens (tertiary/aromatic N) is 5. The van der Waals surface area contributed by atoms with E-state index in [1.165, 1.54) is 22.3 Å². The van der Waals surface area contributed by atoms with Gasteiger partial charge in [-0.2, -0.15) is 0 Å². The smallest absolute Gasteiger partial charge is 0.257 e. The van der Waals surface area contributed by atoms with E-state index in [2.05, 4.69) is 31.1 Å². The number of hydrogen-bond acceptors (Lipinski definition) is 7. The molecule has 0 unspecified atom stereocenters. The van der Waals surface area contributed by atoms with Gasteiger partial charge in [-0.25, -0.2) is 9.67 Å². The van der Waals surface area contributed by atoms with Gasteiger partial charge in [-0.05, 0) is 46.8 Å². The fraction of sp³-hybridized carbons (Fsp3) is 0.0526. The SMILES string of the molecule is O=C(Cc1csc(NC(=O)c2ccccc2)n1)Nc1ccc(-n2cnnn2)cc1. The minimum atomic E-state index is -0.237. The van der Waals surface area contributed by atoms with Crippen molar-refractivity contribution in [1.82, 2.24) is 25.2 Å². The summed E-state index contributed by atoms with van der Waals surface area (Å²) in [4.78, 5) is 28.7. The summed E-state index contributed by atoms with van der Waals surface area (Å²) in [6.07, 6.45) is 1.59. The Morgan fingerprint density at radius 2 is 1.79 bits per heavy atom. The van der Waals surface area contributed by atoms with Crippen LogP contribution in [0.15, 0.2) is 66.3 Å². The van der Waals surface area contributed by atoms with Gasteiger partial charge in [0.1, 0.15) is 6.33 Å². The molecule has 4 rings (SSSR count). The van der Waals surface area contributed by atoms with E-state index in [1.807, 2.05) is 6.07 Å². The van der Waals surface area contributed by atoms with Gasteiger partial charge in [-0.15, -0.1) is 16.4 Å². The van der Waals surface area contributed by atoms with Crippen molar-refractivity contribution in [3.63, 3.8) is 0 Å². The molecule has 0 aliphatic rings. The number of hydrogen-bond donors (Lipinski definition) is 2. The van der Waals surface area contributed by atoms with Crippen LogP contribution in [0.3, 0.4) is 0 Å². The lowest BCUT2D eigenvalue weighted by atomic mass is 10.2. The molecule has 4 aromatic rings. The van der Waals surface area contributed by atoms with E-state index in [0.29, 0.717) is 22.1 Å². The highest BCUT2D eigenvalue weighted by Crippen LogP contribution is 2.18. The Kier molecular flexibility index (Phi) is 5.34. The van der Waals surface area contributed by atoms with Crippen molar-refractivity contribution in [2.45, 2.75) is 6.42 Å². The Labute approximate surface area is 169 Å². The Morgan fingerprint density at radius 3 is 2.52 bits per heavy atom. The Bertz CT molecular complexity index is 1110. The molecule has 9 nitrogen and oxygen atoms in total. The lowest BCUT2D eigenvalue weighted by Crippen LogP contribution is -2.15. The van der Waals surface area contributed by atoms with Crippen LogP contribution in [0.2, 0.25) is 0 Å². The predicted molar refractivity (Wildman–Crippen MR) is 108 cm³/mol. The van der Waals surface area contributed by atoms with Gasteiger partial charge in [0.25, 0.3) is 5.91 Å². The molecule has 10 heteroatoms. The molecule has 0 spiro atoms. The third kappa shape index (κ3) is 4.68. The monoisotopic (exact) mass is 405 g/mol. The molecule has 0 atom stereocenters. The average Bonchev–Trinajstić information content (AvgIpc) is 3.42. The number of amides is 2.